The number of nitrogens with two attached hydrogens (primary N) is 1. The molecule has 7 heteroatoms. The number of carbonyl (C=O) groups is 2. The quantitative estimate of drug-likeness (QED) is 0.763. The number of piperidine rings is 1. The van der Waals surface area contributed by atoms with E-state index in [0.717, 1.165) is 36.5 Å². The normalized spacial score (nSPS) is 19.5. The Morgan fingerprint density at radius 2 is 1.92 bits per heavy atom. The number of likely N-dealkylation sites (tertiary alicyclic amines) is 1. The van der Waals surface area contributed by atoms with Crippen LogP contribution in [0.3, 0.4) is 0 Å². The van der Waals surface area contributed by atoms with E-state index in [-0.39, 0.29) is 35.5 Å². The Bertz CT molecular complexity index is 580. The number of hydrogen-bond donors (Lipinski definition) is 2. The molecule has 1 aliphatic heterocycles. The van der Waals surface area contributed by atoms with Gasteiger partial charge in [0.05, 0.1) is 5.25 Å². The monoisotopic (exact) mass is 385 g/mol. The first-order chi connectivity index (χ1) is 11.4. The molecule has 1 fully saturated rings. The number of halogens is 1. The van der Waals surface area contributed by atoms with Crippen molar-refractivity contribution in [2.75, 3.05) is 18.4 Å². The Morgan fingerprint density at radius 3 is 2.48 bits per heavy atom. The third-order valence-electron chi connectivity index (χ3n) is 4.35. The molecule has 0 aromatic heterocycles. The Hall–Kier alpha value is -1.24. The smallest absolute Gasteiger partial charge is 0.235 e. The number of amides is 2. The molecule has 1 heterocycles. The first-order valence-corrected chi connectivity index (χ1v) is 9.33. The molecule has 25 heavy (non-hydrogen) atoms. The van der Waals surface area contributed by atoms with E-state index in [4.69, 9.17) is 5.73 Å². The van der Waals surface area contributed by atoms with Crippen LogP contribution in [-0.2, 0) is 9.59 Å². The summed E-state index contributed by atoms with van der Waals surface area (Å²) < 4.78 is 0. The van der Waals surface area contributed by atoms with Gasteiger partial charge in [-0.25, -0.2) is 0 Å². The lowest BCUT2D eigenvalue weighted by Crippen LogP contribution is -2.47. The summed E-state index contributed by atoms with van der Waals surface area (Å²) in [5.74, 6) is 0.487. The molecule has 0 radical (unpaired) electrons. The molecule has 5 nitrogen and oxygen atoms in total. The number of carbonyl (C=O) groups excluding carboxylic acids is 2. The average molecular weight is 386 g/mol. The van der Waals surface area contributed by atoms with Crippen LogP contribution in [0.4, 0.5) is 5.69 Å². The molecule has 140 valence electrons. The van der Waals surface area contributed by atoms with Crippen LogP contribution in [-0.4, -0.2) is 41.1 Å². The SMILES string of the molecule is CC(=O)Nc1ccc(SC(C)C(=O)N2CCCC(C(C)N)C2)cc1.Cl. The first kappa shape index (κ1) is 21.8. The zero-order valence-electron chi connectivity index (χ0n) is 15.0. The molecule has 0 spiro atoms. The highest BCUT2D eigenvalue weighted by Crippen LogP contribution is 2.27. The average Bonchev–Trinajstić information content (AvgIpc) is 2.55. The maximum absolute atomic E-state index is 12.7. The molecule has 3 N–H and O–H groups in total. The predicted octanol–water partition coefficient (Wildman–Crippen LogP) is 3.13. The van der Waals surface area contributed by atoms with E-state index in [9.17, 15) is 9.59 Å². The Labute approximate surface area is 160 Å². The highest BCUT2D eigenvalue weighted by atomic mass is 35.5. The molecule has 2 rings (SSSR count). The zero-order valence-corrected chi connectivity index (χ0v) is 16.7. The lowest BCUT2D eigenvalue weighted by atomic mass is 9.92. The molecule has 1 saturated heterocycles. The van der Waals surface area contributed by atoms with Gasteiger partial charge in [0.15, 0.2) is 0 Å². The van der Waals surface area contributed by atoms with E-state index in [1.807, 2.05) is 43.0 Å². The van der Waals surface area contributed by atoms with Crippen molar-refractivity contribution in [2.24, 2.45) is 11.7 Å². The summed E-state index contributed by atoms with van der Waals surface area (Å²) in [6.07, 6.45) is 2.13. The third kappa shape index (κ3) is 6.53. The van der Waals surface area contributed by atoms with Crippen molar-refractivity contribution in [1.82, 2.24) is 4.90 Å². The van der Waals surface area contributed by atoms with Gasteiger partial charge in [0.25, 0.3) is 0 Å². The second-order valence-corrected chi connectivity index (χ2v) is 7.93. The summed E-state index contributed by atoms with van der Waals surface area (Å²) in [6, 6.07) is 7.70. The van der Waals surface area contributed by atoms with Crippen LogP contribution >= 0.6 is 24.2 Å². The summed E-state index contributed by atoms with van der Waals surface area (Å²) in [7, 11) is 0. The number of anilines is 1. The van der Waals surface area contributed by atoms with Crippen molar-refractivity contribution in [3.63, 3.8) is 0 Å². The molecule has 1 aromatic rings. The molecule has 2 amide bonds. The van der Waals surface area contributed by atoms with Gasteiger partial charge in [-0.2, -0.15) is 0 Å². The molecule has 0 aliphatic carbocycles. The molecule has 1 aromatic carbocycles. The minimum absolute atomic E-state index is 0. The van der Waals surface area contributed by atoms with Crippen LogP contribution in [0.5, 0.6) is 0 Å². The first-order valence-electron chi connectivity index (χ1n) is 8.45. The van der Waals surface area contributed by atoms with Gasteiger partial charge in [0.1, 0.15) is 0 Å². The lowest BCUT2D eigenvalue weighted by molar-refractivity contribution is -0.132. The fourth-order valence-corrected chi connectivity index (χ4v) is 3.92. The van der Waals surface area contributed by atoms with Crippen molar-refractivity contribution < 1.29 is 9.59 Å². The molecule has 3 atom stereocenters. The Morgan fingerprint density at radius 1 is 1.28 bits per heavy atom. The van der Waals surface area contributed by atoms with Gasteiger partial charge < -0.3 is 16.0 Å². The van der Waals surface area contributed by atoms with E-state index < -0.39 is 0 Å². The predicted molar refractivity (Wildman–Crippen MR) is 106 cm³/mol. The van der Waals surface area contributed by atoms with Crippen LogP contribution in [0.15, 0.2) is 29.2 Å². The number of nitrogens with one attached hydrogen (secondary N) is 1. The summed E-state index contributed by atoms with van der Waals surface area (Å²) in [6.45, 7) is 7.05. The summed E-state index contributed by atoms with van der Waals surface area (Å²) in [5, 5.41) is 2.60. The maximum atomic E-state index is 12.7. The van der Waals surface area contributed by atoms with E-state index in [0.29, 0.717) is 5.92 Å². The summed E-state index contributed by atoms with van der Waals surface area (Å²) >= 11 is 1.55. The molecule has 1 aliphatic rings. The van der Waals surface area contributed by atoms with Crippen LogP contribution in [0, 0.1) is 5.92 Å². The van der Waals surface area contributed by atoms with Gasteiger partial charge in [-0.1, -0.05) is 0 Å². The largest absolute Gasteiger partial charge is 0.341 e. The highest BCUT2D eigenvalue weighted by molar-refractivity contribution is 8.00. The molecule has 3 unspecified atom stereocenters. The fourth-order valence-electron chi connectivity index (χ4n) is 2.97. The van der Waals surface area contributed by atoms with Crippen LogP contribution in [0.2, 0.25) is 0 Å². The summed E-state index contributed by atoms with van der Waals surface area (Å²) in [4.78, 5) is 26.7. The van der Waals surface area contributed by atoms with Crippen molar-refractivity contribution in [3.05, 3.63) is 24.3 Å². The minimum atomic E-state index is -0.136. The van der Waals surface area contributed by atoms with Gasteiger partial charge in [0, 0.05) is 36.6 Å². The second kappa shape index (κ2) is 10.0. The fraction of sp³-hybridized carbons (Fsp3) is 0.556. The molecular formula is C18H28ClN3O2S. The molecular weight excluding hydrogens is 358 g/mol. The zero-order chi connectivity index (χ0) is 17.7. The van der Waals surface area contributed by atoms with Crippen LogP contribution in [0.1, 0.15) is 33.6 Å². The topological polar surface area (TPSA) is 75.4 Å². The van der Waals surface area contributed by atoms with Crippen LogP contribution < -0.4 is 11.1 Å². The number of benzene rings is 1. The minimum Gasteiger partial charge on any atom is -0.341 e. The lowest BCUT2D eigenvalue weighted by Gasteiger charge is -2.35. The van der Waals surface area contributed by atoms with Crippen molar-refractivity contribution >= 4 is 41.7 Å². The van der Waals surface area contributed by atoms with Crippen molar-refractivity contribution in [2.45, 2.75) is 49.8 Å². The number of thioether (sulfide) groups is 1. The molecule has 0 bridgehead atoms. The van der Waals surface area contributed by atoms with E-state index in [2.05, 4.69) is 5.32 Å². The number of nitrogens with zero attached hydrogens (tertiary/aromatic N) is 1. The maximum Gasteiger partial charge on any atom is 0.235 e. The van der Waals surface area contributed by atoms with Gasteiger partial charge in [0.2, 0.25) is 11.8 Å². The summed E-state index contributed by atoms with van der Waals surface area (Å²) in [5.41, 5.74) is 6.77. The van der Waals surface area contributed by atoms with Gasteiger partial charge in [-0.3, -0.25) is 9.59 Å². The molecule has 0 saturated carbocycles. The van der Waals surface area contributed by atoms with Crippen molar-refractivity contribution in [1.29, 1.82) is 0 Å². The van der Waals surface area contributed by atoms with E-state index in [1.165, 1.54) is 6.92 Å². The van der Waals surface area contributed by atoms with E-state index >= 15 is 0 Å². The van der Waals surface area contributed by atoms with Gasteiger partial charge in [-0.05, 0) is 56.9 Å². The number of rotatable bonds is 5. The third-order valence-corrected chi connectivity index (χ3v) is 5.45. The number of hydrogen-bond acceptors (Lipinski definition) is 4. The standard InChI is InChI=1S/C18H27N3O2S.ClH/c1-12(19)15-5-4-10-21(11-15)18(23)13(2)24-17-8-6-16(7-9-17)20-14(3)22;/h6-9,12-13,15H,4-5,10-11,19H2,1-3H3,(H,20,22);1H. The Balaban J connectivity index is 0.00000312. The highest BCUT2D eigenvalue weighted by Gasteiger charge is 2.28. The van der Waals surface area contributed by atoms with Gasteiger partial charge in [-0.15, -0.1) is 24.2 Å². The Kier molecular flexibility index (Phi) is 8.76. The second-order valence-electron chi connectivity index (χ2n) is 6.51. The van der Waals surface area contributed by atoms with Gasteiger partial charge >= 0.3 is 0 Å². The van der Waals surface area contributed by atoms with E-state index in [1.54, 1.807) is 11.8 Å². The van der Waals surface area contributed by atoms with Crippen molar-refractivity contribution in [3.8, 4) is 0 Å². The van der Waals surface area contributed by atoms with Crippen LogP contribution in [0.25, 0.3) is 0 Å².